The van der Waals surface area contributed by atoms with Gasteiger partial charge in [0.15, 0.2) is 58.2 Å². The minimum Gasteiger partial charge on any atom is -0.432 e. The van der Waals surface area contributed by atoms with Crippen molar-refractivity contribution in [3.63, 3.8) is 0 Å². The molecule has 176 valence electrons. The Morgan fingerprint density at radius 1 is 0.310 bits per heavy atom. The van der Waals surface area contributed by atoms with Crippen LogP contribution < -0.4 is 0 Å². The lowest BCUT2D eigenvalue weighted by molar-refractivity contribution is 0.502. The molecule has 0 radical (unpaired) electrons. The summed E-state index contributed by atoms with van der Waals surface area (Å²) in [5.74, 6) is 0. The standard InChI is InChI=1S/C15H46O7Si7/c1-23(2,16)10-25(5,18)12-27(7,20)14-29(9,22)15-28(8,21)13-26(6,19)11-24(3,4)17/h16-22H,10-15H2,1-9H3. The second-order valence-electron chi connectivity index (χ2n) is 12.2. The fraction of sp³-hybridized carbons (Fsp3) is 1.00. The van der Waals surface area contributed by atoms with Gasteiger partial charge in [0.05, 0.1) is 0 Å². The highest BCUT2D eigenvalue weighted by molar-refractivity contribution is 7.05. The van der Waals surface area contributed by atoms with Gasteiger partial charge in [-0.1, -0.05) is 0 Å². The first-order valence-electron chi connectivity index (χ1n) is 10.3. The molecule has 0 aromatic carbocycles. The van der Waals surface area contributed by atoms with Crippen LogP contribution in [0.4, 0.5) is 0 Å². The van der Waals surface area contributed by atoms with E-state index in [0.717, 1.165) is 0 Å². The van der Waals surface area contributed by atoms with Crippen molar-refractivity contribution in [2.75, 3.05) is 0 Å². The first-order chi connectivity index (χ1) is 12.2. The summed E-state index contributed by atoms with van der Waals surface area (Å²) >= 11 is 0. The summed E-state index contributed by atoms with van der Waals surface area (Å²) in [6.07, 6.45) is 0. The zero-order valence-corrected chi connectivity index (χ0v) is 26.9. The van der Waals surface area contributed by atoms with E-state index in [-0.39, 0.29) is 11.3 Å². The first-order valence-corrected chi connectivity index (χ1v) is 30.9. The summed E-state index contributed by atoms with van der Waals surface area (Å²) in [6.45, 7) is 15.9. The largest absolute Gasteiger partial charge is 0.432 e. The third-order valence-corrected chi connectivity index (χ3v) is 42.1. The van der Waals surface area contributed by atoms with Crippen LogP contribution in [-0.4, -0.2) is 91.8 Å². The maximum absolute atomic E-state index is 11.1. The molecule has 7 N–H and O–H groups in total. The monoisotopic (exact) mass is 534 g/mol. The average Bonchev–Trinajstić information content (AvgIpc) is 2.10. The highest BCUT2D eigenvalue weighted by atomic mass is 28.5. The highest BCUT2D eigenvalue weighted by Crippen LogP contribution is 2.33. The van der Waals surface area contributed by atoms with E-state index in [1.54, 1.807) is 58.9 Å². The molecule has 0 aliphatic carbocycles. The minimum atomic E-state index is -2.95. The van der Waals surface area contributed by atoms with Crippen LogP contribution in [0.15, 0.2) is 0 Å². The van der Waals surface area contributed by atoms with E-state index >= 15 is 0 Å². The van der Waals surface area contributed by atoms with Crippen LogP contribution >= 0.6 is 0 Å². The van der Waals surface area contributed by atoms with Crippen molar-refractivity contribution in [2.24, 2.45) is 0 Å². The van der Waals surface area contributed by atoms with Crippen LogP contribution in [0.1, 0.15) is 0 Å². The molecule has 0 fully saturated rings. The third kappa shape index (κ3) is 15.6. The lowest BCUT2D eigenvalue weighted by atomic mass is 11.7. The molecule has 0 heterocycles. The van der Waals surface area contributed by atoms with Crippen LogP contribution in [0.25, 0.3) is 0 Å². The van der Waals surface area contributed by atoms with Crippen LogP contribution in [0.5, 0.6) is 0 Å². The Kier molecular flexibility index (Phi) is 10.0. The van der Waals surface area contributed by atoms with Crippen molar-refractivity contribution in [3.8, 4) is 0 Å². The topological polar surface area (TPSA) is 142 Å². The Labute approximate surface area is 184 Å². The number of rotatable bonds is 12. The molecule has 29 heavy (non-hydrogen) atoms. The summed E-state index contributed by atoms with van der Waals surface area (Å²) in [7, 11) is -19.2. The van der Waals surface area contributed by atoms with Crippen LogP contribution in [-0.2, 0) is 0 Å². The third-order valence-electron chi connectivity index (χ3n) is 4.67. The molecule has 0 saturated heterocycles. The van der Waals surface area contributed by atoms with Crippen molar-refractivity contribution in [3.05, 3.63) is 0 Å². The first kappa shape index (κ1) is 30.2. The quantitative estimate of drug-likeness (QED) is 0.188. The molecule has 0 aromatic rings. The number of hydrogen-bond acceptors (Lipinski definition) is 7. The van der Waals surface area contributed by atoms with Gasteiger partial charge in [0.1, 0.15) is 0 Å². The van der Waals surface area contributed by atoms with Crippen molar-refractivity contribution in [2.45, 2.75) is 92.9 Å². The van der Waals surface area contributed by atoms with Gasteiger partial charge >= 0.3 is 0 Å². The van der Waals surface area contributed by atoms with Gasteiger partial charge in [-0.15, -0.1) is 0 Å². The smallest absolute Gasteiger partial charge is 0.184 e. The molecule has 0 bridgehead atoms. The van der Waals surface area contributed by atoms with E-state index in [4.69, 9.17) is 0 Å². The molecule has 0 aromatic heterocycles. The SMILES string of the molecule is C[Si](C)(O)C[Si](C)(O)C[Si](C)(O)C[Si](C)(O)C[Si](C)(O)C[Si](C)(O)C[Si](C)(C)O. The van der Waals surface area contributed by atoms with Gasteiger partial charge in [0, 0.05) is 0 Å². The van der Waals surface area contributed by atoms with Gasteiger partial charge < -0.3 is 33.6 Å². The van der Waals surface area contributed by atoms with Gasteiger partial charge in [-0.05, 0) is 92.9 Å². The van der Waals surface area contributed by atoms with Crippen molar-refractivity contribution >= 4 is 58.2 Å². The summed E-state index contributed by atoms with van der Waals surface area (Å²) in [6, 6.07) is 0. The molecule has 0 spiro atoms. The van der Waals surface area contributed by atoms with Crippen LogP contribution in [0.2, 0.25) is 92.9 Å². The molecule has 0 aliphatic rings. The van der Waals surface area contributed by atoms with E-state index in [1.807, 2.05) is 0 Å². The minimum absolute atomic E-state index is 0.268. The zero-order chi connectivity index (χ0) is 23.7. The highest BCUT2D eigenvalue weighted by Gasteiger charge is 2.49. The fourth-order valence-electron chi connectivity index (χ4n) is 5.46. The lowest BCUT2D eigenvalue weighted by Crippen LogP contribution is -2.56. The van der Waals surface area contributed by atoms with Crippen molar-refractivity contribution in [1.82, 2.24) is 0 Å². The summed E-state index contributed by atoms with van der Waals surface area (Å²) < 4.78 is 0. The maximum Gasteiger partial charge on any atom is 0.184 e. The van der Waals surface area contributed by atoms with Crippen molar-refractivity contribution in [1.29, 1.82) is 0 Å². The van der Waals surface area contributed by atoms with Gasteiger partial charge in [0.2, 0.25) is 0 Å². The summed E-state index contributed by atoms with van der Waals surface area (Å²) in [5, 5.41) is 0. The van der Waals surface area contributed by atoms with E-state index in [1.165, 1.54) is 0 Å². The fourth-order valence-corrected chi connectivity index (χ4v) is 54.7. The van der Waals surface area contributed by atoms with Gasteiger partial charge in [-0.25, -0.2) is 0 Å². The van der Waals surface area contributed by atoms with Crippen LogP contribution in [0, 0.1) is 0 Å². The molecule has 0 aliphatic heterocycles. The molecule has 4 atom stereocenters. The summed E-state index contributed by atoms with van der Waals surface area (Å²) in [4.78, 5) is 75.2. The predicted octanol–water partition coefficient (Wildman–Crippen LogP) is 1.45. The average molecular weight is 535 g/mol. The Hall–Kier alpha value is 1.24. The second kappa shape index (κ2) is 9.62. The van der Waals surface area contributed by atoms with Crippen LogP contribution in [0.3, 0.4) is 0 Å². The van der Waals surface area contributed by atoms with E-state index < -0.39 is 58.2 Å². The molecule has 14 heteroatoms. The molecule has 7 nitrogen and oxygen atoms in total. The summed E-state index contributed by atoms with van der Waals surface area (Å²) in [5.41, 5.74) is 1.94. The molecular weight excluding hydrogens is 489 g/mol. The maximum atomic E-state index is 11.1. The molecule has 0 amide bonds. The Bertz CT molecular complexity index is 494. The van der Waals surface area contributed by atoms with Gasteiger partial charge in [0.25, 0.3) is 0 Å². The predicted molar refractivity (Wildman–Crippen MR) is 137 cm³/mol. The molecule has 0 saturated carbocycles. The molecule has 4 unspecified atom stereocenters. The Balaban J connectivity index is 5.15. The van der Waals surface area contributed by atoms with Gasteiger partial charge in [-0.3, -0.25) is 0 Å². The van der Waals surface area contributed by atoms with E-state index in [9.17, 15) is 33.6 Å². The second-order valence-corrected chi connectivity index (χ2v) is 42.9. The van der Waals surface area contributed by atoms with Crippen molar-refractivity contribution < 1.29 is 33.6 Å². The number of hydrogen-bond donors (Lipinski definition) is 7. The van der Waals surface area contributed by atoms with E-state index in [2.05, 4.69) is 0 Å². The normalized spacial score (nSPS) is 24.0. The molecular formula is C15H46O7Si7. The molecule has 0 rings (SSSR count). The van der Waals surface area contributed by atoms with Gasteiger partial charge in [-0.2, -0.15) is 0 Å². The Morgan fingerprint density at radius 3 is 0.586 bits per heavy atom. The Morgan fingerprint density at radius 2 is 0.448 bits per heavy atom. The van der Waals surface area contributed by atoms with E-state index in [0.29, 0.717) is 22.7 Å². The lowest BCUT2D eigenvalue weighted by Gasteiger charge is -2.38. The zero-order valence-electron chi connectivity index (χ0n) is 19.9.